The Kier molecular flexibility index (Phi) is 5.04. The fourth-order valence-electron chi connectivity index (χ4n) is 3.98. The number of aryl methyl sites for hydroxylation is 1. The van der Waals surface area contributed by atoms with E-state index in [1.807, 2.05) is 0 Å². The van der Waals surface area contributed by atoms with E-state index in [4.69, 9.17) is 0 Å². The molecule has 1 saturated heterocycles. The van der Waals surface area contributed by atoms with E-state index in [-0.39, 0.29) is 0 Å². The van der Waals surface area contributed by atoms with Gasteiger partial charge in [-0.2, -0.15) is 5.10 Å². The molecule has 0 bridgehead atoms. The molecule has 1 aromatic carbocycles. The Morgan fingerprint density at radius 1 is 1.20 bits per heavy atom. The molecule has 2 aliphatic heterocycles. The maximum Gasteiger partial charge on any atom is 0.124 e. The van der Waals surface area contributed by atoms with Gasteiger partial charge >= 0.3 is 0 Å². The number of benzene rings is 1. The summed E-state index contributed by atoms with van der Waals surface area (Å²) in [5.74, 6) is 1.74. The van der Waals surface area contributed by atoms with Gasteiger partial charge in [0.25, 0.3) is 0 Å². The van der Waals surface area contributed by atoms with E-state index in [2.05, 4.69) is 62.6 Å². The highest BCUT2D eigenvalue weighted by atomic mass is 15.3. The fraction of sp³-hybridized carbons (Fsp3) is 0.550. The number of likely N-dealkylation sites (tertiary alicyclic amines) is 1. The van der Waals surface area contributed by atoms with Crippen LogP contribution < -0.4 is 10.6 Å². The van der Waals surface area contributed by atoms with Gasteiger partial charge in [0.2, 0.25) is 0 Å². The van der Waals surface area contributed by atoms with Crippen molar-refractivity contribution in [2.45, 2.75) is 39.4 Å². The minimum absolute atomic E-state index is 0.583. The van der Waals surface area contributed by atoms with Gasteiger partial charge in [0, 0.05) is 44.7 Å². The smallest absolute Gasteiger partial charge is 0.124 e. The van der Waals surface area contributed by atoms with Crippen LogP contribution in [0.1, 0.15) is 29.7 Å². The molecule has 4 rings (SSSR count). The Balaban J connectivity index is 1.26. The van der Waals surface area contributed by atoms with Gasteiger partial charge in [0.05, 0.1) is 5.69 Å². The number of nitrogens with zero attached hydrogens (tertiary/aromatic N) is 3. The minimum atomic E-state index is 0.583. The van der Waals surface area contributed by atoms with E-state index in [1.165, 1.54) is 37.1 Å². The van der Waals surface area contributed by atoms with Gasteiger partial charge in [-0.15, -0.1) is 0 Å². The monoisotopic (exact) mass is 339 g/mol. The molecule has 1 fully saturated rings. The van der Waals surface area contributed by atoms with Crippen LogP contribution in [-0.2, 0) is 19.6 Å². The number of hydrogen-bond acceptors (Lipinski definition) is 4. The summed E-state index contributed by atoms with van der Waals surface area (Å²) in [6.45, 7) is 9.64. The molecule has 2 aliphatic rings. The van der Waals surface area contributed by atoms with E-state index < -0.39 is 0 Å². The third-order valence-electron chi connectivity index (χ3n) is 5.26. The van der Waals surface area contributed by atoms with Crippen molar-refractivity contribution in [1.82, 2.24) is 20.0 Å². The summed E-state index contributed by atoms with van der Waals surface area (Å²) in [5.41, 5.74) is 3.92. The topological polar surface area (TPSA) is 45.1 Å². The second-order valence-corrected chi connectivity index (χ2v) is 7.53. The van der Waals surface area contributed by atoms with Gasteiger partial charge < -0.3 is 10.6 Å². The summed E-state index contributed by atoms with van der Waals surface area (Å²) in [6, 6.07) is 11.2. The fourth-order valence-corrected chi connectivity index (χ4v) is 3.98. The molecule has 0 amide bonds. The number of fused-ring (bicyclic) bond motifs is 1. The molecule has 25 heavy (non-hydrogen) atoms. The molecule has 1 atom stereocenters. The van der Waals surface area contributed by atoms with Crippen molar-refractivity contribution < 1.29 is 0 Å². The molecule has 2 N–H and O–H groups in total. The lowest BCUT2D eigenvalue weighted by atomic mass is 10.1. The third-order valence-corrected chi connectivity index (χ3v) is 5.26. The molecule has 1 unspecified atom stereocenters. The first-order valence-electron chi connectivity index (χ1n) is 9.55. The Hall–Kier alpha value is -1.85. The van der Waals surface area contributed by atoms with E-state index in [0.717, 1.165) is 44.2 Å². The lowest BCUT2D eigenvalue weighted by Gasteiger charge is -2.25. The molecule has 5 heteroatoms. The highest BCUT2D eigenvalue weighted by molar-refractivity contribution is 5.38. The number of aromatic nitrogens is 2. The first kappa shape index (κ1) is 16.6. The van der Waals surface area contributed by atoms with E-state index in [0.29, 0.717) is 5.92 Å². The van der Waals surface area contributed by atoms with Crippen molar-refractivity contribution in [3.63, 3.8) is 0 Å². The predicted octanol–water partition coefficient (Wildman–Crippen LogP) is 2.62. The Labute approximate surface area is 150 Å². The first-order chi connectivity index (χ1) is 12.3. The summed E-state index contributed by atoms with van der Waals surface area (Å²) in [6.07, 6.45) is 2.71. The van der Waals surface area contributed by atoms with Crippen molar-refractivity contribution in [2.75, 3.05) is 31.5 Å². The molecule has 3 heterocycles. The van der Waals surface area contributed by atoms with Gasteiger partial charge in [-0.05, 0) is 44.0 Å². The Morgan fingerprint density at radius 2 is 2.04 bits per heavy atom. The van der Waals surface area contributed by atoms with Crippen LogP contribution >= 0.6 is 0 Å². The first-order valence-corrected chi connectivity index (χ1v) is 9.55. The number of hydrogen-bond donors (Lipinski definition) is 2. The second kappa shape index (κ2) is 7.58. The van der Waals surface area contributed by atoms with Crippen molar-refractivity contribution in [2.24, 2.45) is 5.92 Å². The molecular formula is C20H29N5. The average Bonchev–Trinajstić information content (AvgIpc) is 3.23. The largest absolute Gasteiger partial charge is 0.370 e. The van der Waals surface area contributed by atoms with Crippen LogP contribution in [0, 0.1) is 12.8 Å². The van der Waals surface area contributed by atoms with Gasteiger partial charge in [-0.3, -0.25) is 4.90 Å². The molecule has 2 aromatic rings. The van der Waals surface area contributed by atoms with E-state index >= 15 is 0 Å². The predicted molar refractivity (Wildman–Crippen MR) is 102 cm³/mol. The zero-order valence-corrected chi connectivity index (χ0v) is 15.2. The van der Waals surface area contributed by atoms with E-state index in [9.17, 15) is 0 Å². The molecule has 1 aromatic heterocycles. The lowest BCUT2D eigenvalue weighted by molar-refractivity contribution is 0.331. The second-order valence-electron chi connectivity index (χ2n) is 7.53. The highest BCUT2D eigenvalue weighted by Gasteiger charge is 2.18. The van der Waals surface area contributed by atoms with Gasteiger partial charge in [-0.25, -0.2) is 4.68 Å². The molecule has 0 spiro atoms. The zero-order chi connectivity index (χ0) is 17.1. The van der Waals surface area contributed by atoms with Crippen molar-refractivity contribution in [3.05, 3.63) is 47.2 Å². The maximum atomic E-state index is 4.55. The third kappa shape index (κ3) is 4.22. The van der Waals surface area contributed by atoms with Gasteiger partial charge in [0.15, 0.2) is 0 Å². The lowest BCUT2D eigenvalue weighted by Crippen LogP contribution is -2.35. The summed E-state index contributed by atoms with van der Waals surface area (Å²) < 4.78 is 2.10. The molecule has 0 aliphatic carbocycles. The number of rotatable bonds is 6. The van der Waals surface area contributed by atoms with Crippen molar-refractivity contribution in [3.8, 4) is 0 Å². The van der Waals surface area contributed by atoms with Crippen LogP contribution in [0.2, 0.25) is 0 Å². The molecule has 0 radical (unpaired) electrons. The number of nitrogens with one attached hydrogen (secondary N) is 2. The normalized spacial score (nSPS) is 20.4. The SMILES string of the molecule is Cc1cc2n(n1)CC(CNCc1cccc(CN3CCCC3)c1)CN2. The molecular weight excluding hydrogens is 310 g/mol. The minimum Gasteiger partial charge on any atom is -0.370 e. The van der Waals surface area contributed by atoms with E-state index in [1.54, 1.807) is 0 Å². The summed E-state index contributed by atoms with van der Waals surface area (Å²) >= 11 is 0. The summed E-state index contributed by atoms with van der Waals surface area (Å²) in [5, 5.41) is 11.7. The van der Waals surface area contributed by atoms with Crippen molar-refractivity contribution in [1.29, 1.82) is 0 Å². The average molecular weight is 339 g/mol. The zero-order valence-electron chi connectivity index (χ0n) is 15.2. The summed E-state index contributed by atoms with van der Waals surface area (Å²) in [7, 11) is 0. The quantitative estimate of drug-likeness (QED) is 0.849. The molecule has 0 saturated carbocycles. The van der Waals surface area contributed by atoms with Crippen molar-refractivity contribution >= 4 is 5.82 Å². The van der Waals surface area contributed by atoms with Gasteiger partial charge in [0.1, 0.15) is 5.82 Å². The Bertz CT molecular complexity index is 702. The summed E-state index contributed by atoms with van der Waals surface area (Å²) in [4.78, 5) is 2.56. The Morgan fingerprint density at radius 3 is 2.92 bits per heavy atom. The maximum absolute atomic E-state index is 4.55. The van der Waals surface area contributed by atoms with Crippen LogP contribution in [0.25, 0.3) is 0 Å². The van der Waals surface area contributed by atoms with Gasteiger partial charge in [-0.1, -0.05) is 24.3 Å². The van der Waals surface area contributed by atoms with Crippen LogP contribution in [-0.4, -0.2) is 40.9 Å². The van der Waals surface area contributed by atoms with Crippen LogP contribution in [0.15, 0.2) is 30.3 Å². The van der Waals surface area contributed by atoms with Crippen LogP contribution in [0.4, 0.5) is 5.82 Å². The molecule has 5 nitrogen and oxygen atoms in total. The number of anilines is 1. The standard InChI is InChI=1S/C20H29N5/c1-16-9-20-22-13-19(15-25(20)23-16)12-21-11-17-5-4-6-18(10-17)14-24-7-2-3-8-24/h4-6,9-10,19,21-22H,2-3,7-8,11-15H2,1H3. The van der Waals surface area contributed by atoms with Crippen LogP contribution in [0.5, 0.6) is 0 Å². The highest BCUT2D eigenvalue weighted by Crippen LogP contribution is 2.18. The van der Waals surface area contributed by atoms with Crippen LogP contribution in [0.3, 0.4) is 0 Å². The molecule has 134 valence electrons.